The van der Waals surface area contributed by atoms with Crippen molar-refractivity contribution in [1.29, 1.82) is 0 Å². The van der Waals surface area contributed by atoms with Gasteiger partial charge in [-0.25, -0.2) is 0 Å². The summed E-state index contributed by atoms with van der Waals surface area (Å²) in [5, 5.41) is 0. The van der Waals surface area contributed by atoms with Crippen LogP contribution < -0.4 is 0 Å². The minimum atomic E-state index is 0.415. The van der Waals surface area contributed by atoms with Gasteiger partial charge in [0.2, 0.25) is 5.91 Å². The molecule has 0 unspecified atom stereocenters. The fraction of sp³-hybridized carbons (Fsp3) is 0.986. The van der Waals surface area contributed by atoms with E-state index < -0.39 is 0 Å². The summed E-state index contributed by atoms with van der Waals surface area (Å²) >= 11 is 0. The van der Waals surface area contributed by atoms with E-state index in [1.165, 1.54) is 360 Å². The minimum Gasteiger partial charge on any atom is -0.340 e. The molecule has 76 heavy (non-hydrogen) atoms. The minimum absolute atomic E-state index is 0.415. The third kappa shape index (κ3) is 50.3. The first-order chi connectivity index (χ1) is 37.6. The van der Waals surface area contributed by atoms with E-state index >= 15 is 0 Å². The molecule has 0 radical (unpaired) electrons. The lowest BCUT2D eigenvalue weighted by Gasteiger charge is -2.37. The smallest absolute Gasteiger partial charge is 0.236 e. The summed E-state index contributed by atoms with van der Waals surface area (Å²) < 4.78 is 0. The van der Waals surface area contributed by atoms with Crippen LogP contribution in [0.2, 0.25) is 0 Å². The van der Waals surface area contributed by atoms with E-state index in [1.54, 1.807) is 0 Å². The number of carbonyl (C=O) groups is 1. The fourth-order valence-electron chi connectivity index (χ4n) is 12.1. The molecule has 0 aliphatic carbocycles. The Morgan fingerprint density at radius 3 is 0.724 bits per heavy atom. The Hall–Kier alpha value is -0.690. The number of hydrogen-bond acceptors (Lipinski definition) is 5. The predicted octanol–water partition coefficient (Wildman–Crippen LogP) is 20.6. The Balaban J connectivity index is 2.78. The average Bonchev–Trinajstić information content (AvgIpc) is 3.43. The third-order valence-corrected chi connectivity index (χ3v) is 17.7. The Kier molecular flexibility index (Phi) is 58.3. The van der Waals surface area contributed by atoms with Crippen LogP contribution in [-0.2, 0) is 4.79 Å². The van der Waals surface area contributed by atoms with Gasteiger partial charge in [0.15, 0.2) is 0 Å². The summed E-state index contributed by atoms with van der Waals surface area (Å²) in [6, 6.07) is 0. The van der Waals surface area contributed by atoms with Gasteiger partial charge < -0.3 is 9.80 Å². The first-order valence-corrected chi connectivity index (χ1v) is 35.7. The van der Waals surface area contributed by atoms with Crippen molar-refractivity contribution in [2.45, 2.75) is 356 Å². The van der Waals surface area contributed by atoms with Crippen molar-refractivity contribution < 1.29 is 4.79 Å². The first kappa shape index (κ1) is 73.3. The van der Waals surface area contributed by atoms with E-state index in [2.05, 4.69) is 59.1 Å². The molecular formula is C70H143N5O. The van der Waals surface area contributed by atoms with Crippen LogP contribution in [0.25, 0.3) is 0 Å². The predicted molar refractivity (Wildman–Crippen MR) is 342 cm³/mol. The second kappa shape index (κ2) is 60.4. The number of amides is 1. The van der Waals surface area contributed by atoms with Crippen molar-refractivity contribution >= 4 is 5.91 Å². The quantitative estimate of drug-likeness (QED) is 0.0567. The van der Waals surface area contributed by atoms with Crippen molar-refractivity contribution in [3.05, 3.63) is 0 Å². The van der Waals surface area contributed by atoms with E-state index in [0.717, 1.165) is 45.8 Å². The van der Waals surface area contributed by atoms with Gasteiger partial charge in [-0.1, -0.05) is 324 Å². The highest BCUT2D eigenvalue weighted by molar-refractivity contribution is 5.78. The molecular weight excluding hydrogens is 927 g/mol. The Morgan fingerprint density at radius 2 is 0.461 bits per heavy atom. The highest BCUT2D eigenvalue weighted by Crippen LogP contribution is 2.17. The monoisotopic (exact) mass is 1070 g/mol. The second-order valence-corrected chi connectivity index (χ2v) is 25.1. The van der Waals surface area contributed by atoms with Crippen molar-refractivity contribution in [2.75, 3.05) is 91.6 Å². The number of rotatable bonds is 63. The van der Waals surface area contributed by atoms with E-state index in [1.807, 2.05) is 0 Å². The maximum atomic E-state index is 14.5. The Labute approximate surface area is 480 Å². The molecule has 6 heteroatoms. The van der Waals surface area contributed by atoms with Gasteiger partial charge in [0.1, 0.15) is 0 Å². The summed E-state index contributed by atoms with van der Waals surface area (Å²) in [6.45, 7) is 27.1. The number of carbonyl (C=O) groups excluding carboxylic acids is 1. The molecule has 1 aliphatic heterocycles. The summed E-state index contributed by atoms with van der Waals surface area (Å²) in [4.78, 5) is 27.8. The highest BCUT2D eigenvalue weighted by atomic mass is 16.2. The van der Waals surface area contributed by atoms with Crippen LogP contribution in [0.5, 0.6) is 0 Å². The van der Waals surface area contributed by atoms with Crippen molar-refractivity contribution in [2.24, 2.45) is 0 Å². The zero-order valence-electron chi connectivity index (χ0n) is 53.4. The van der Waals surface area contributed by atoms with Gasteiger partial charge in [-0.3, -0.25) is 19.5 Å². The topological polar surface area (TPSA) is 33.3 Å². The summed E-state index contributed by atoms with van der Waals surface area (Å²) in [5.74, 6) is 0.415. The maximum absolute atomic E-state index is 14.5. The lowest BCUT2D eigenvalue weighted by Crippen LogP contribution is -2.51. The molecule has 1 heterocycles. The lowest BCUT2D eigenvalue weighted by molar-refractivity contribution is -0.132. The van der Waals surface area contributed by atoms with E-state index in [0.29, 0.717) is 12.5 Å². The first-order valence-electron chi connectivity index (χ1n) is 35.7. The van der Waals surface area contributed by atoms with Gasteiger partial charge in [0.05, 0.1) is 6.54 Å². The lowest BCUT2D eigenvalue weighted by atomic mass is 10.1. The molecule has 6 nitrogen and oxygen atoms in total. The third-order valence-electron chi connectivity index (χ3n) is 17.7. The average molecular weight is 1070 g/mol. The van der Waals surface area contributed by atoms with Gasteiger partial charge in [0, 0.05) is 58.9 Å². The zero-order valence-corrected chi connectivity index (χ0v) is 53.4. The van der Waals surface area contributed by atoms with E-state index in [4.69, 9.17) is 0 Å². The molecule has 0 saturated carbocycles. The molecule has 0 aromatic rings. The highest BCUT2D eigenvalue weighted by Gasteiger charge is 2.22. The summed E-state index contributed by atoms with van der Waals surface area (Å²) in [7, 11) is 0. The summed E-state index contributed by atoms with van der Waals surface area (Å²) in [5.41, 5.74) is 0. The molecule has 0 spiro atoms. The normalized spacial score (nSPS) is 13.6. The van der Waals surface area contributed by atoms with Crippen molar-refractivity contribution in [1.82, 2.24) is 24.5 Å². The van der Waals surface area contributed by atoms with Crippen LogP contribution in [0.15, 0.2) is 0 Å². The van der Waals surface area contributed by atoms with Gasteiger partial charge in [-0.05, 0) is 58.3 Å². The molecule has 1 rings (SSSR count). The van der Waals surface area contributed by atoms with Crippen LogP contribution in [-0.4, -0.2) is 122 Å². The van der Waals surface area contributed by atoms with Crippen LogP contribution in [0, 0.1) is 0 Å². The standard InChI is InChI=1S/C70H143N5O/c1-6-11-16-21-26-31-36-41-46-51-56-71(57-52-47-42-37-32-27-22-17-12-7-2)61-62-72-63-65-73(66-64-72)67-68-75(60-55-50-45-40-35-30-25-20-15-10-5)70(76)69-74(58-53-48-43-38-33-28-23-18-13-8-3)59-54-49-44-39-34-29-24-19-14-9-4/h6-69H2,1-5H3. The molecule has 1 saturated heterocycles. The van der Waals surface area contributed by atoms with Crippen LogP contribution in [0.4, 0.5) is 0 Å². The SMILES string of the molecule is CCCCCCCCCCCCN(CCCCCCCCCCCC)CCN1CCN(CCN(CCCCCCCCCCCC)C(=O)CN(CCCCCCCCCCCC)CCCCCCCCCCCC)CC1. The summed E-state index contributed by atoms with van der Waals surface area (Å²) in [6.07, 6.45) is 69.4. The van der Waals surface area contributed by atoms with Crippen LogP contribution in [0.3, 0.4) is 0 Å². The van der Waals surface area contributed by atoms with Gasteiger partial charge >= 0.3 is 0 Å². The van der Waals surface area contributed by atoms with E-state index in [9.17, 15) is 4.79 Å². The van der Waals surface area contributed by atoms with Crippen LogP contribution >= 0.6 is 0 Å². The Bertz CT molecular complexity index is 1060. The van der Waals surface area contributed by atoms with Gasteiger partial charge in [-0.15, -0.1) is 0 Å². The van der Waals surface area contributed by atoms with Crippen molar-refractivity contribution in [3.8, 4) is 0 Å². The zero-order chi connectivity index (χ0) is 54.7. The Morgan fingerprint density at radius 1 is 0.250 bits per heavy atom. The number of hydrogen-bond donors (Lipinski definition) is 0. The molecule has 0 aromatic carbocycles. The number of nitrogens with zero attached hydrogens (tertiary/aromatic N) is 5. The molecule has 454 valence electrons. The van der Waals surface area contributed by atoms with Crippen LogP contribution in [0.1, 0.15) is 356 Å². The molecule has 1 amide bonds. The maximum Gasteiger partial charge on any atom is 0.236 e. The second-order valence-electron chi connectivity index (χ2n) is 25.1. The fourth-order valence-corrected chi connectivity index (χ4v) is 12.1. The molecule has 0 aromatic heterocycles. The number of unbranched alkanes of at least 4 members (excludes halogenated alkanes) is 45. The molecule has 0 atom stereocenters. The molecule has 0 bridgehead atoms. The van der Waals surface area contributed by atoms with E-state index in [-0.39, 0.29) is 0 Å². The van der Waals surface area contributed by atoms with Crippen molar-refractivity contribution in [3.63, 3.8) is 0 Å². The molecule has 1 fully saturated rings. The number of piperazine rings is 1. The molecule has 0 N–H and O–H groups in total. The van der Waals surface area contributed by atoms with Gasteiger partial charge in [0.25, 0.3) is 0 Å². The largest absolute Gasteiger partial charge is 0.340 e. The van der Waals surface area contributed by atoms with Gasteiger partial charge in [-0.2, -0.15) is 0 Å². The molecule has 1 aliphatic rings.